The van der Waals surface area contributed by atoms with Crippen LogP contribution in [0.3, 0.4) is 0 Å². The topological polar surface area (TPSA) is 73.3 Å². The summed E-state index contributed by atoms with van der Waals surface area (Å²) in [6.07, 6.45) is -3.38. The van der Waals surface area contributed by atoms with Crippen molar-refractivity contribution >= 4 is 11.8 Å². The van der Waals surface area contributed by atoms with Crippen LogP contribution in [0, 0.1) is 5.82 Å². The first-order chi connectivity index (χ1) is 12.3. The molecule has 140 valence electrons. The molecule has 0 radical (unpaired) electrons. The first-order valence-corrected chi connectivity index (χ1v) is 7.43. The molecule has 0 atom stereocenters. The van der Waals surface area contributed by atoms with Gasteiger partial charge in [0, 0.05) is 31.9 Å². The molecular formula is C16H15F4N3O3. The number of alkyl halides is 3. The minimum atomic E-state index is -4.84. The molecule has 2 aromatic heterocycles. The van der Waals surface area contributed by atoms with Crippen molar-refractivity contribution in [2.45, 2.75) is 12.6 Å². The number of methoxy groups -OCH3 is 1. The molecule has 6 nitrogen and oxygen atoms in total. The molecule has 0 saturated heterocycles. The van der Waals surface area contributed by atoms with Crippen LogP contribution in [0.15, 0.2) is 30.6 Å². The molecule has 0 bridgehead atoms. The number of amides is 1. The summed E-state index contributed by atoms with van der Waals surface area (Å²) in [6.45, 7) is 0.334. The fourth-order valence-electron chi connectivity index (χ4n) is 2.00. The highest BCUT2D eigenvalue weighted by Crippen LogP contribution is 2.35. The van der Waals surface area contributed by atoms with Gasteiger partial charge in [0.05, 0.1) is 24.2 Å². The third-order valence-electron chi connectivity index (χ3n) is 3.13. The van der Waals surface area contributed by atoms with E-state index in [1.807, 2.05) is 5.32 Å². The molecule has 0 aliphatic carbocycles. The van der Waals surface area contributed by atoms with E-state index in [0.717, 1.165) is 18.3 Å². The minimum Gasteiger partial charge on any atom is -0.449 e. The summed E-state index contributed by atoms with van der Waals surface area (Å²) in [4.78, 5) is 18.7. The van der Waals surface area contributed by atoms with E-state index in [-0.39, 0.29) is 17.9 Å². The molecule has 0 aliphatic rings. The van der Waals surface area contributed by atoms with E-state index in [0.29, 0.717) is 13.0 Å². The van der Waals surface area contributed by atoms with Crippen LogP contribution in [0.25, 0.3) is 11.3 Å². The average Bonchev–Trinajstić information content (AvgIpc) is 2.58. The van der Waals surface area contributed by atoms with Gasteiger partial charge < -0.3 is 9.47 Å². The van der Waals surface area contributed by atoms with Crippen LogP contribution in [0.1, 0.15) is 12.1 Å². The Morgan fingerprint density at radius 2 is 2.00 bits per heavy atom. The standard InChI is InChI=1S/C16H15F4N3O3/c1-25-5-2-6-26-15(24)23-13-4-3-12(22-14(13)16(18,19)20)10-7-11(17)9-21-8-10/h3-4,7-9H,2,5-6H2,1H3,(H,23,24). The molecule has 0 spiro atoms. The fourth-order valence-corrected chi connectivity index (χ4v) is 2.00. The van der Waals surface area contributed by atoms with Crippen LogP contribution in [0.4, 0.5) is 28.0 Å². The number of hydrogen-bond donors (Lipinski definition) is 1. The molecule has 1 amide bonds. The summed E-state index contributed by atoms with van der Waals surface area (Å²) < 4.78 is 62.5. The van der Waals surface area contributed by atoms with Crippen molar-refractivity contribution in [3.63, 3.8) is 0 Å². The van der Waals surface area contributed by atoms with Gasteiger partial charge in [-0.05, 0) is 18.2 Å². The number of pyridine rings is 2. The lowest BCUT2D eigenvalue weighted by molar-refractivity contribution is -0.140. The van der Waals surface area contributed by atoms with E-state index >= 15 is 0 Å². The van der Waals surface area contributed by atoms with Crippen molar-refractivity contribution in [3.05, 3.63) is 42.1 Å². The number of rotatable bonds is 6. The predicted molar refractivity (Wildman–Crippen MR) is 83.9 cm³/mol. The minimum absolute atomic E-state index is 0.0124. The number of nitrogens with zero attached hydrogens (tertiary/aromatic N) is 2. The number of hydrogen-bond acceptors (Lipinski definition) is 5. The molecule has 10 heteroatoms. The van der Waals surface area contributed by atoms with E-state index in [1.54, 1.807) is 0 Å². The van der Waals surface area contributed by atoms with Gasteiger partial charge in [0.15, 0.2) is 5.69 Å². The lowest BCUT2D eigenvalue weighted by atomic mass is 10.1. The monoisotopic (exact) mass is 373 g/mol. The lowest BCUT2D eigenvalue weighted by Gasteiger charge is -2.14. The van der Waals surface area contributed by atoms with Crippen LogP contribution < -0.4 is 5.32 Å². The van der Waals surface area contributed by atoms with Gasteiger partial charge in [-0.25, -0.2) is 14.2 Å². The molecule has 26 heavy (non-hydrogen) atoms. The summed E-state index contributed by atoms with van der Waals surface area (Å²) >= 11 is 0. The summed E-state index contributed by atoms with van der Waals surface area (Å²) in [6, 6.07) is 3.24. The van der Waals surface area contributed by atoms with E-state index in [4.69, 9.17) is 9.47 Å². The quantitative estimate of drug-likeness (QED) is 0.614. The highest BCUT2D eigenvalue weighted by Gasteiger charge is 2.36. The van der Waals surface area contributed by atoms with Crippen LogP contribution in [-0.2, 0) is 15.7 Å². The summed E-state index contributed by atoms with van der Waals surface area (Å²) in [5.74, 6) is -0.709. The number of aromatic nitrogens is 2. The van der Waals surface area contributed by atoms with Gasteiger partial charge >= 0.3 is 12.3 Å². The largest absolute Gasteiger partial charge is 0.449 e. The number of halogens is 4. The molecule has 0 saturated carbocycles. The Kier molecular flexibility index (Phi) is 6.45. The first kappa shape index (κ1) is 19.6. The van der Waals surface area contributed by atoms with E-state index in [1.165, 1.54) is 19.4 Å². The second kappa shape index (κ2) is 8.56. The zero-order valence-corrected chi connectivity index (χ0v) is 13.6. The summed E-state index contributed by atoms with van der Waals surface area (Å²) in [5.41, 5.74) is -1.96. The molecule has 1 N–H and O–H groups in total. The van der Waals surface area contributed by atoms with E-state index in [2.05, 4.69) is 9.97 Å². The van der Waals surface area contributed by atoms with Crippen molar-refractivity contribution in [1.82, 2.24) is 9.97 Å². The molecular weight excluding hydrogens is 358 g/mol. The fraction of sp³-hybridized carbons (Fsp3) is 0.312. The SMILES string of the molecule is COCCCOC(=O)Nc1ccc(-c2cncc(F)c2)nc1C(F)(F)F. The van der Waals surface area contributed by atoms with Gasteiger partial charge in [0.2, 0.25) is 0 Å². The van der Waals surface area contributed by atoms with Gasteiger partial charge in [0.25, 0.3) is 0 Å². The predicted octanol–water partition coefficient (Wildman–Crippen LogP) is 3.89. The van der Waals surface area contributed by atoms with E-state index in [9.17, 15) is 22.4 Å². The van der Waals surface area contributed by atoms with Crippen LogP contribution >= 0.6 is 0 Å². The van der Waals surface area contributed by atoms with Crippen LogP contribution in [0.2, 0.25) is 0 Å². The Labute approximate surface area is 146 Å². The number of nitrogens with one attached hydrogen (secondary N) is 1. The lowest BCUT2D eigenvalue weighted by Crippen LogP contribution is -2.19. The summed E-state index contributed by atoms with van der Waals surface area (Å²) in [7, 11) is 1.47. The van der Waals surface area contributed by atoms with Crippen molar-refractivity contribution in [3.8, 4) is 11.3 Å². The third-order valence-corrected chi connectivity index (χ3v) is 3.13. The van der Waals surface area contributed by atoms with Gasteiger partial charge in [-0.2, -0.15) is 13.2 Å². The maximum absolute atomic E-state index is 13.3. The number of carbonyl (C=O) groups is 1. The second-order valence-corrected chi connectivity index (χ2v) is 5.09. The van der Waals surface area contributed by atoms with Crippen LogP contribution in [0.5, 0.6) is 0 Å². The smallest absolute Gasteiger partial charge is 0.435 e. The van der Waals surface area contributed by atoms with Crippen molar-refractivity contribution in [1.29, 1.82) is 0 Å². The highest BCUT2D eigenvalue weighted by atomic mass is 19.4. The number of anilines is 1. The third kappa shape index (κ3) is 5.38. The van der Waals surface area contributed by atoms with Crippen LogP contribution in [-0.4, -0.2) is 36.4 Å². The second-order valence-electron chi connectivity index (χ2n) is 5.09. The van der Waals surface area contributed by atoms with Crippen molar-refractivity contribution < 1.29 is 31.8 Å². The zero-order valence-electron chi connectivity index (χ0n) is 13.6. The molecule has 0 unspecified atom stereocenters. The number of ether oxygens (including phenoxy) is 2. The zero-order chi connectivity index (χ0) is 19.2. The highest BCUT2D eigenvalue weighted by molar-refractivity contribution is 5.85. The summed E-state index contributed by atoms with van der Waals surface area (Å²) in [5, 5.41) is 2.01. The molecule has 2 rings (SSSR count). The Balaban J connectivity index is 2.23. The first-order valence-electron chi connectivity index (χ1n) is 7.43. The Morgan fingerprint density at radius 1 is 1.23 bits per heavy atom. The normalized spacial score (nSPS) is 11.3. The van der Waals surface area contributed by atoms with Gasteiger partial charge in [0.1, 0.15) is 5.82 Å². The van der Waals surface area contributed by atoms with Gasteiger partial charge in [-0.1, -0.05) is 0 Å². The molecule has 2 aromatic rings. The van der Waals surface area contributed by atoms with Gasteiger partial charge in [-0.3, -0.25) is 10.3 Å². The molecule has 0 fully saturated rings. The molecule has 0 aromatic carbocycles. The van der Waals surface area contributed by atoms with Crippen molar-refractivity contribution in [2.24, 2.45) is 0 Å². The Hall–Kier alpha value is -2.75. The van der Waals surface area contributed by atoms with Crippen molar-refractivity contribution in [2.75, 3.05) is 25.6 Å². The maximum atomic E-state index is 13.3. The molecule has 0 aliphatic heterocycles. The Bertz CT molecular complexity index is 769. The van der Waals surface area contributed by atoms with Gasteiger partial charge in [-0.15, -0.1) is 0 Å². The maximum Gasteiger partial charge on any atom is 0.435 e. The number of carbonyl (C=O) groups excluding carboxylic acids is 1. The average molecular weight is 373 g/mol. The Morgan fingerprint density at radius 3 is 2.65 bits per heavy atom. The molecule has 2 heterocycles. The van der Waals surface area contributed by atoms with E-state index < -0.39 is 29.5 Å².